The standard InChI is InChI=1S/C13H17NO2/c1-3-10-7-13(16)14(8-10)11-5-4-9(2)6-12(11)15/h7,11H,2-6,8H2,1H3. The summed E-state index contributed by atoms with van der Waals surface area (Å²) in [5.74, 6) is 0.151. The Labute approximate surface area is 95.8 Å². The minimum atomic E-state index is -0.210. The topological polar surface area (TPSA) is 37.4 Å². The van der Waals surface area contributed by atoms with Crippen molar-refractivity contribution in [2.24, 2.45) is 0 Å². The lowest BCUT2D eigenvalue weighted by atomic mass is 9.89. The van der Waals surface area contributed by atoms with Crippen LogP contribution >= 0.6 is 0 Å². The van der Waals surface area contributed by atoms with E-state index < -0.39 is 0 Å². The number of rotatable bonds is 2. The Morgan fingerprint density at radius 1 is 1.50 bits per heavy atom. The molecule has 1 amide bonds. The average Bonchev–Trinajstić information content (AvgIpc) is 2.60. The predicted molar refractivity (Wildman–Crippen MR) is 61.9 cm³/mol. The first kappa shape index (κ1) is 11.1. The molecule has 0 spiro atoms. The molecule has 2 aliphatic rings. The van der Waals surface area contributed by atoms with Gasteiger partial charge in [0.1, 0.15) is 0 Å². The first-order valence-corrected chi connectivity index (χ1v) is 5.81. The van der Waals surface area contributed by atoms with Crippen LogP contribution in [0.25, 0.3) is 0 Å². The summed E-state index contributed by atoms with van der Waals surface area (Å²) in [5, 5.41) is 0. The largest absolute Gasteiger partial charge is 0.325 e. The van der Waals surface area contributed by atoms with Crippen molar-refractivity contribution in [2.75, 3.05) is 6.54 Å². The number of hydrogen-bond acceptors (Lipinski definition) is 2. The molecule has 3 heteroatoms. The van der Waals surface area contributed by atoms with Gasteiger partial charge >= 0.3 is 0 Å². The fraction of sp³-hybridized carbons (Fsp3) is 0.538. The highest BCUT2D eigenvalue weighted by Crippen LogP contribution is 2.26. The molecule has 0 N–H and O–H groups in total. The number of Topliss-reactive ketones (excluding diaryl/α,β-unsaturated/α-hetero) is 1. The lowest BCUT2D eigenvalue weighted by molar-refractivity contribution is -0.135. The zero-order valence-electron chi connectivity index (χ0n) is 9.66. The summed E-state index contributed by atoms with van der Waals surface area (Å²) in [5.41, 5.74) is 2.12. The van der Waals surface area contributed by atoms with Crippen molar-refractivity contribution in [1.82, 2.24) is 4.90 Å². The molecule has 0 aromatic carbocycles. The molecule has 16 heavy (non-hydrogen) atoms. The molecule has 0 radical (unpaired) electrons. The van der Waals surface area contributed by atoms with E-state index in [1.165, 1.54) is 0 Å². The molecule has 0 saturated heterocycles. The van der Waals surface area contributed by atoms with Crippen molar-refractivity contribution in [2.45, 2.75) is 38.6 Å². The number of allylic oxidation sites excluding steroid dienone is 1. The van der Waals surface area contributed by atoms with Gasteiger partial charge in [0.2, 0.25) is 5.91 Å². The van der Waals surface area contributed by atoms with Crippen molar-refractivity contribution in [1.29, 1.82) is 0 Å². The molecule has 0 aromatic rings. The van der Waals surface area contributed by atoms with Crippen LogP contribution in [0.4, 0.5) is 0 Å². The van der Waals surface area contributed by atoms with Crippen molar-refractivity contribution >= 4 is 11.7 Å². The van der Waals surface area contributed by atoms with Crippen LogP contribution in [0.3, 0.4) is 0 Å². The van der Waals surface area contributed by atoms with Crippen molar-refractivity contribution in [3.05, 3.63) is 23.8 Å². The zero-order valence-corrected chi connectivity index (χ0v) is 9.66. The van der Waals surface area contributed by atoms with Gasteiger partial charge in [-0.3, -0.25) is 9.59 Å². The Morgan fingerprint density at radius 2 is 2.25 bits per heavy atom. The molecule has 1 atom stereocenters. The minimum Gasteiger partial charge on any atom is -0.325 e. The lowest BCUT2D eigenvalue weighted by Gasteiger charge is -2.30. The Balaban J connectivity index is 2.07. The van der Waals surface area contributed by atoms with Gasteiger partial charge < -0.3 is 4.90 Å². The first-order valence-electron chi connectivity index (χ1n) is 5.81. The number of hydrogen-bond donors (Lipinski definition) is 0. The third-order valence-electron chi connectivity index (χ3n) is 3.38. The van der Waals surface area contributed by atoms with Gasteiger partial charge in [-0.25, -0.2) is 0 Å². The number of carbonyl (C=O) groups excluding carboxylic acids is 2. The van der Waals surface area contributed by atoms with Gasteiger partial charge in [0.15, 0.2) is 5.78 Å². The van der Waals surface area contributed by atoms with Crippen molar-refractivity contribution in [3.63, 3.8) is 0 Å². The molecule has 3 nitrogen and oxygen atoms in total. The maximum absolute atomic E-state index is 11.9. The van der Waals surface area contributed by atoms with Crippen LogP contribution in [-0.2, 0) is 9.59 Å². The van der Waals surface area contributed by atoms with Crippen LogP contribution in [0.5, 0.6) is 0 Å². The molecular formula is C13H17NO2. The maximum Gasteiger partial charge on any atom is 0.247 e. The average molecular weight is 219 g/mol. The second-order valence-corrected chi connectivity index (χ2v) is 4.57. The van der Waals surface area contributed by atoms with Crippen LogP contribution in [-0.4, -0.2) is 29.2 Å². The quantitative estimate of drug-likeness (QED) is 0.665. The molecule has 1 fully saturated rings. The highest BCUT2D eigenvalue weighted by molar-refractivity contribution is 5.97. The Morgan fingerprint density at radius 3 is 2.81 bits per heavy atom. The Bertz CT molecular complexity index is 381. The van der Waals surface area contributed by atoms with Crippen LogP contribution in [0.15, 0.2) is 23.8 Å². The van der Waals surface area contributed by atoms with Gasteiger partial charge in [0, 0.05) is 19.0 Å². The third-order valence-corrected chi connectivity index (χ3v) is 3.38. The SMILES string of the molecule is C=C1CCC(N2CC(CC)=CC2=O)C(=O)C1. The summed E-state index contributed by atoms with van der Waals surface area (Å²) in [6, 6.07) is -0.210. The zero-order chi connectivity index (χ0) is 11.7. The monoisotopic (exact) mass is 219 g/mol. The van der Waals surface area contributed by atoms with Gasteiger partial charge in [0.25, 0.3) is 0 Å². The second kappa shape index (κ2) is 4.24. The van der Waals surface area contributed by atoms with E-state index >= 15 is 0 Å². The molecule has 1 heterocycles. The summed E-state index contributed by atoms with van der Waals surface area (Å²) in [4.78, 5) is 25.3. The maximum atomic E-state index is 11.9. The van der Waals surface area contributed by atoms with E-state index in [9.17, 15) is 9.59 Å². The third kappa shape index (κ3) is 1.94. The Kier molecular flexibility index (Phi) is 2.95. The fourth-order valence-electron chi connectivity index (χ4n) is 2.36. The molecule has 2 rings (SSSR count). The van der Waals surface area contributed by atoms with E-state index in [4.69, 9.17) is 0 Å². The summed E-state index contributed by atoms with van der Waals surface area (Å²) < 4.78 is 0. The summed E-state index contributed by atoms with van der Waals surface area (Å²) in [6.45, 7) is 6.51. The predicted octanol–water partition coefficient (Wildman–Crippen LogP) is 1.84. The summed E-state index contributed by atoms with van der Waals surface area (Å²) in [6.07, 6.45) is 4.61. The number of ketones is 1. The fourth-order valence-corrected chi connectivity index (χ4v) is 2.36. The van der Waals surface area contributed by atoms with E-state index in [0.29, 0.717) is 13.0 Å². The van der Waals surface area contributed by atoms with Gasteiger partial charge in [0.05, 0.1) is 6.04 Å². The van der Waals surface area contributed by atoms with Crippen LogP contribution in [0.1, 0.15) is 32.6 Å². The molecule has 1 unspecified atom stereocenters. The van der Waals surface area contributed by atoms with Crippen LogP contribution in [0, 0.1) is 0 Å². The van der Waals surface area contributed by atoms with Crippen molar-refractivity contribution < 1.29 is 9.59 Å². The highest BCUT2D eigenvalue weighted by atomic mass is 16.2. The normalized spacial score (nSPS) is 26.3. The Hall–Kier alpha value is -1.38. The molecule has 1 saturated carbocycles. The number of amides is 1. The number of nitrogens with zero attached hydrogens (tertiary/aromatic N) is 1. The molecule has 0 aromatic heterocycles. The summed E-state index contributed by atoms with van der Waals surface area (Å²) >= 11 is 0. The molecule has 1 aliphatic carbocycles. The van der Waals surface area contributed by atoms with E-state index in [-0.39, 0.29) is 17.7 Å². The highest BCUT2D eigenvalue weighted by Gasteiger charge is 2.34. The van der Waals surface area contributed by atoms with Crippen LogP contribution in [0.2, 0.25) is 0 Å². The lowest BCUT2D eigenvalue weighted by Crippen LogP contribution is -2.44. The smallest absolute Gasteiger partial charge is 0.247 e. The van der Waals surface area contributed by atoms with Gasteiger partial charge in [-0.2, -0.15) is 0 Å². The van der Waals surface area contributed by atoms with Gasteiger partial charge in [-0.1, -0.05) is 19.1 Å². The van der Waals surface area contributed by atoms with E-state index in [1.807, 2.05) is 6.92 Å². The second-order valence-electron chi connectivity index (χ2n) is 4.57. The molecule has 1 aliphatic heterocycles. The molecular weight excluding hydrogens is 202 g/mol. The van der Waals surface area contributed by atoms with E-state index in [2.05, 4.69) is 6.58 Å². The first-order chi connectivity index (χ1) is 7.61. The van der Waals surface area contributed by atoms with Gasteiger partial charge in [-0.15, -0.1) is 0 Å². The molecule has 0 bridgehead atoms. The number of carbonyl (C=O) groups is 2. The van der Waals surface area contributed by atoms with Crippen molar-refractivity contribution in [3.8, 4) is 0 Å². The van der Waals surface area contributed by atoms with Crippen LogP contribution < -0.4 is 0 Å². The van der Waals surface area contributed by atoms with E-state index in [1.54, 1.807) is 11.0 Å². The summed E-state index contributed by atoms with van der Waals surface area (Å²) in [7, 11) is 0. The van der Waals surface area contributed by atoms with E-state index in [0.717, 1.165) is 30.4 Å². The minimum absolute atomic E-state index is 0.00251. The van der Waals surface area contributed by atoms with Gasteiger partial charge in [-0.05, 0) is 24.8 Å². The molecule has 86 valence electrons.